The monoisotopic (exact) mass is 261 g/mol. The Kier molecular flexibility index (Phi) is 2.78. The van der Waals surface area contributed by atoms with E-state index >= 15 is 0 Å². The van der Waals surface area contributed by atoms with Gasteiger partial charge in [0.05, 0.1) is 16.4 Å². The molecule has 1 N–H and O–H groups in total. The van der Waals surface area contributed by atoms with Gasteiger partial charge < -0.3 is 9.88 Å². The molecule has 4 heteroatoms. The number of hydrogen-bond acceptors (Lipinski definition) is 2. The number of hydrogen-bond donors (Lipinski definition) is 1. The van der Waals surface area contributed by atoms with Crippen LogP contribution in [0.5, 0.6) is 0 Å². The zero-order valence-corrected chi connectivity index (χ0v) is 11.3. The van der Waals surface area contributed by atoms with Crippen LogP contribution in [0.25, 0.3) is 0 Å². The van der Waals surface area contributed by atoms with Crippen molar-refractivity contribution in [3.8, 4) is 0 Å². The zero-order chi connectivity index (χ0) is 12.7. The summed E-state index contributed by atoms with van der Waals surface area (Å²) in [5.74, 6) is 0.895. The maximum absolute atomic E-state index is 6.23. The van der Waals surface area contributed by atoms with Crippen molar-refractivity contribution in [1.82, 2.24) is 9.55 Å². The van der Waals surface area contributed by atoms with Crippen LogP contribution in [0.4, 0.5) is 11.6 Å². The molecule has 0 radical (unpaired) electrons. The van der Waals surface area contributed by atoms with Crippen LogP contribution in [-0.2, 0) is 0 Å². The number of aryl methyl sites for hydroxylation is 2. The summed E-state index contributed by atoms with van der Waals surface area (Å²) in [6.45, 7) is 4.06. The molecule has 1 fully saturated rings. The lowest BCUT2D eigenvalue weighted by atomic mass is 10.2. The van der Waals surface area contributed by atoms with Crippen molar-refractivity contribution in [2.75, 3.05) is 5.32 Å². The number of rotatable bonds is 3. The molecule has 94 valence electrons. The number of imidazole rings is 1. The van der Waals surface area contributed by atoms with Gasteiger partial charge in [-0.1, -0.05) is 23.7 Å². The van der Waals surface area contributed by atoms with Crippen LogP contribution in [0, 0.1) is 13.8 Å². The molecule has 0 saturated heterocycles. The maximum atomic E-state index is 6.23. The van der Waals surface area contributed by atoms with E-state index in [2.05, 4.69) is 21.1 Å². The van der Waals surface area contributed by atoms with Crippen molar-refractivity contribution >= 4 is 23.2 Å². The lowest BCUT2D eigenvalue weighted by Crippen LogP contribution is -2.02. The second-order valence-electron chi connectivity index (χ2n) is 4.90. The molecule has 1 aromatic heterocycles. The smallest absolute Gasteiger partial charge is 0.207 e. The Bertz CT molecular complexity index is 564. The van der Waals surface area contributed by atoms with Crippen LogP contribution in [0.1, 0.15) is 30.1 Å². The Morgan fingerprint density at radius 2 is 2.11 bits per heavy atom. The van der Waals surface area contributed by atoms with Crippen molar-refractivity contribution in [1.29, 1.82) is 0 Å². The molecule has 1 heterocycles. The minimum Gasteiger partial charge on any atom is -0.324 e. The first-order valence-corrected chi connectivity index (χ1v) is 6.60. The average molecular weight is 262 g/mol. The van der Waals surface area contributed by atoms with E-state index in [1.807, 2.05) is 32.0 Å². The SMILES string of the molecule is Cc1cn(C2CC2)c(Nc2c(C)cccc2Cl)n1. The zero-order valence-electron chi connectivity index (χ0n) is 10.6. The van der Waals surface area contributed by atoms with E-state index in [0.29, 0.717) is 6.04 Å². The fraction of sp³-hybridized carbons (Fsp3) is 0.357. The number of halogens is 1. The lowest BCUT2D eigenvalue weighted by molar-refractivity contribution is 0.750. The molecular weight excluding hydrogens is 246 g/mol. The first-order chi connectivity index (χ1) is 8.65. The van der Waals surface area contributed by atoms with Crippen molar-refractivity contribution in [3.05, 3.63) is 40.7 Å². The molecule has 3 nitrogen and oxygen atoms in total. The largest absolute Gasteiger partial charge is 0.324 e. The highest BCUT2D eigenvalue weighted by Gasteiger charge is 2.26. The minimum atomic E-state index is 0.608. The molecule has 1 aliphatic rings. The summed E-state index contributed by atoms with van der Waals surface area (Å²) < 4.78 is 2.22. The number of benzene rings is 1. The van der Waals surface area contributed by atoms with Crippen LogP contribution >= 0.6 is 11.6 Å². The van der Waals surface area contributed by atoms with Crippen molar-refractivity contribution in [2.24, 2.45) is 0 Å². The topological polar surface area (TPSA) is 29.9 Å². The van der Waals surface area contributed by atoms with Gasteiger partial charge in [-0.3, -0.25) is 0 Å². The van der Waals surface area contributed by atoms with E-state index in [1.54, 1.807) is 0 Å². The predicted molar refractivity (Wildman–Crippen MR) is 74.7 cm³/mol. The van der Waals surface area contributed by atoms with Gasteiger partial charge >= 0.3 is 0 Å². The van der Waals surface area contributed by atoms with Crippen molar-refractivity contribution in [3.63, 3.8) is 0 Å². The van der Waals surface area contributed by atoms with Gasteiger partial charge in [-0.15, -0.1) is 0 Å². The fourth-order valence-electron chi connectivity index (χ4n) is 2.14. The number of nitrogens with zero attached hydrogens (tertiary/aromatic N) is 2. The molecule has 18 heavy (non-hydrogen) atoms. The van der Waals surface area contributed by atoms with Gasteiger partial charge in [-0.05, 0) is 38.3 Å². The molecule has 0 unspecified atom stereocenters. The molecule has 1 saturated carbocycles. The molecule has 3 rings (SSSR count). The minimum absolute atomic E-state index is 0.608. The average Bonchev–Trinajstić information content (AvgIpc) is 3.09. The molecular formula is C14H16ClN3. The molecule has 1 aliphatic carbocycles. The Hall–Kier alpha value is -1.48. The van der Waals surface area contributed by atoms with Gasteiger partial charge in [0.15, 0.2) is 0 Å². The van der Waals surface area contributed by atoms with Crippen LogP contribution in [0.3, 0.4) is 0 Å². The third-order valence-electron chi connectivity index (χ3n) is 3.25. The number of para-hydroxylation sites is 1. The predicted octanol–water partition coefficient (Wildman–Crippen LogP) is 4.23. The number of nitrogens with one attached hydrogen (secondary N) is 1. The van der Waals surface area contributed by atoms with Crippen LogP contribution in [0.2, 0.25) is 5.02 Å². The van der Waals surface area contributed by atoms with Gasteiger partial charge in [0.2, 0.25) is 5.95 Å². The number of anilines is 2. The third kappa shape index (κ3) is 2.10. The lowest BCUT2D eigenvalue weighted by Gasteiger charge is -2.12. The molecule has 0 spiro atoms. The number of aromatic nitrogens is 2. The molecule has 0 amide bonds. The Morgan fingerprint density at radius 1 is 1.33 bits per heavy atom. The van der Waals surface area contributed by atoms with Gasteiger partial charge in [0, 0.05) is 12.2 Å². The van der Waals surface area contributed by atoms with Gasteiger partial charge in [0.25, 0.3) is 0 Å². The van der Waals surface area contributed by atoms with E-state index < -0.39 is 0 Å². The van der Waals surface area contributed by atoms with E-state index in [0.717, 1.165) is 27.9 Å². The quantitative estimate of drug-likeness (QED) is 0.896. The first-order valence-electron chi connectivity index (χ1n) is 6.23. The summed E-state index contributed by atoms with van der Waals surface area (Å²) in [5.41, 5.74) is 3.12. The van der Waals surface area contributed by atoms with Gasteiger partial charge in [-0.2, -0.15) is 0 Å². The van der Waals surface area contributed by atoms with Crippen molar-refractivity contribution < 1.29 is 0 Å². The summed E-state index contributed by atoms with van der Waals surface area (Å²) in [6, 6.07) is 6.51. The van der Waals surface area contributed by atoms with E-state index in [9.17, 15) is 0 Å². The summed E-state index contributed by atoms with van der Waals surface area (Å²) in [6.07, 6.45) is 4.59. The van der Waals surface area contributed by atoms with E-state index in [1.165, 1.54) is 12.8 Å². The standard InChI is InChI=1S/C14H16ClN3/c1-9-4-3-5-12(15)13(9)17-14-16-10(2)8-18(14)11-6-7-11/h3-5,8,11H,6-7H2,1-2H3,(H,16,17). The van der Waals surface area contributed by atoms with Crippen molar-refractivity contribution in [2.45, 2.75) is 32.7 Å². The van der Waals surface area contributed by atoms with E-state index in [-0.39, 0.29) is 0 Å². The Balaban J connectivity index is 1.97. The fourth-order valence-corrected chi connectivity index (χ4v) is 2.41. The maximum Gasteiger partial charge on any atom is 0.207 e. The second-order valence-corrected chi connectivity index (χ2v) is 5.31. The first kappa shape index (κ1) is 11.6. The summed E-state index contributed by atoms with van der Waals surface area (Å²) >= 11 is 6.23. The molecule has 0 aliphatic heterocycles. The Morgan fingerprint density at radius 3 is 2.78 bits per heavy atom. The molecule has 2 aromatic rings. The van der Waals surface area contributed by atoms with E-state index in [4.69, 9.17) is 11.6 Å². The van der Waals surface area contributed by atoms with Gasteiger partial charge in [-0.25, -0.2) is 4.98 Å². The molecule has 1 aromatic carbocycles. The molecule has 0 bridgehead atoms. The highest BCUT2D eigenvalue weighted by atomic mass is 35.5. The van der Waals surface area contributed by atoms with Crippen LogP contribution in [-0.4, -0.2) is 9.55 Å². The molecule has 0 atom stereocenters. The highest BCUT2D eigenvalue weighted by Crippen LogP contribution is 2.38. The summed E-state index contributed by atoms with van der Waals surface area (Å²) in [4.78, 5) is 4.54. The van der Waals surface area contributed by atoms with Gasteiger partial charge in [0.1, 0.15) is 0 Å². The van der Waals surface area contributed by atoms with Crippen LogP contribution < -0.4 is 5.32 Å². The normalized spacial score (nSPS) is 14.8. The Labute approximate surface area is 112 Å². The summed E-state index contributed by atoms with van der Waals surface area (Å²) in [7, 11) is 0. The summed E-state index contributed by atoms with van der Waals surface area (Å²) in [5, 5.41) is 4.11. The van der Waals surface area contributed by atoms with Crippen LogP contribution in [0.15, 0.2) is 24.4 Å². The highest BCUT2D eigenvalue weighted by molar-refractivity contribution is 6.33. The third-order valence-corrected chi connectivity index (χ3v) is 3.57. The second kappa shape index (κ2) is 4.32.